The molecular formula is C23H36N2. The Hall–Kier alpha value is -1.96. The fraction of sp³-hybridized carbons (Fsp3) is 0.478. The van der Waals surface area contributed by atoms with E-state index in [1.54, 1.807) is 0 Å². The van der Waals surface area contributed by atoms with Crippen LogP contribution in [0.25, 0.3) is 11.1 Å². The Bertz CT molecular complexity index is 727. The maximum atomic E-state index is 6.54. The summed E-state index contributed by atoms with van der Waals surface area (Å²) in [6.45, 7) is 13.3. The van der Waals surface area contributed by atoms with Gasteiger partial charge in [-0.2, -0.15) is 0 Å². The topological polar surface area (TPSA) is 52.0 Å². The molecule has 0 aromatic heterocycles. The summed E-state index contributed by atoms with van der Waals surface area (Å²) in [5.74, 6) is 0.834. The quantitative estimate of drug-likeness (QED) is 0.608. The van der Waals surface area contributed by atoms with Gasteiger partial charge in [-0.1, -0.05) is 55.0 Å². The van der Waals surface area contributed by atoms with Gasteiger partial charge in [0.05, 0.1) is 0 Å². The SMILES string of the molecule is C.CCc1cc(-c2cc(CC)c(N)c(C(C)C)c2C(C)C)ccc1N. The van der Waals surface area contributed by atoms with E-state index < -0.39 is 0 Å². The van der Waals surface area contributed by atoms with E-state index >= 15 is 0 Å². The Labute approximate surface area is 154 Å². The van der Waals surface area contributed by atoms with Gasteiger partial charge < -0.3 is 11.5 Å². The third-order valence-corrected chi connectivity index (χ3v) is 4.91. The van der Waals surface area contributed by atoms with E-state index in [4.69, 9.17) is 11.5 Å². The first kappa shape index (κ1) is 21.1. The Morgan fingerprint density at radius 2 is 1.36 bits per heavy atom. The minimum Gasteiger partial charge on any atom is -0.399 e. The third kappa shape index (κ3) is 4.00. The number of benzene rings is 2. The predicted molar refractivity (Wildman–Crippen MR) is 114 cm³/mol. The number of nitrogens with two attached hydrogens (primary N) is 2. The van der Waals surface area contributed by atoms with Gasteiger partial charge in [-0.25, -0.2) is 0 Å². The lowest BCUT2D eigenvalue weighted by Crippen LogP contribution is -2.09. The van der Waals surface area contributed by atoms with E-state index in [0.29, 0.717) is 11.8 Å². The van der Waals surface area contributed by atoms with Crippen molar-refractivity contribution in [2.45, 2.75) is 73.6 Å². The van der Waals surface area contributed by atoms with Gasteiger partial charge in [-0.05, 0) is 76.3 Å². The van der Waals surface area contributed by atoms with Crippen LogP contribution in [0.4, 0.5) is 11.4 Å². The molecule has 0 unspecified atom stereocenters. The van der Waals surface area contributed by atoms with Crippen molar-refractivity contribution >= 4 is 11.4 Å². The van der Waals surface area contributed by atoms with Crippen LogP contribution in [-0.2, 0) is 12.8 Å². The van der Waals surface area contributed by atoms with Gasteiger partial charge in [0.1, 0.15) is 0 Å². The van der Waals surface area contributed by atoms with Crippen molar-refractivity contribution in [2.24, 2.45) is 0 Å². The normalized spacial score (nSPS) is 11.0. The van der Waals surface area contributed by atoms with Crippen molar-refractivity contribution in [3.05, 3.63) is 46.5 Å². The minimum atomic E-state index is 0. The molecule has 0 amide bonds. The number of aryl methyl sites for hydroxylation is 2. The highest BCUT2D eigenvalue weighted by atomic mass is 14.6. The smallest absolute Gasteiger partial charge is 0.0384 e. The van der Waals surface area contributed by atoms with Crippen molar-refractivity contribution < 1.29 is 0 Å². The molecule has 2 aromatic rings. The van der Waals surface area contributed by atoms with Crippen molar-refractivity contribution in [1.29, 1.82) is 0 Å². The molecular weight excluding hydrogens is 304 g/mol. The van der Waals surface area contributed by atoms with Gasteiger partial charge in [0.15, 0.2) is 0 Å². The monoisotopic (exact) mass is 340 g/mol. The van der Waals surface area contributed by atoms with Crippen molar-refractivity contribution in [2.75, 3.05) is 11.5 Å². The highest BCUT2D eigenvalue weighted by Crippen LogP contribution is 2.41. The van der Waals surface area contributed by atoms with E-state index in [1.165, 1.54) is 33.4 Å². The fourth-order valence-electron chi connectivity index (χ4n) is 3.65. The van der Waals surface area contributed by atoms with Gasteiger partial charge in [-0.3, -0.25) is 0 Å². The Morgan fingerprint density at radius 1 is 0.800 bits per heavy atom. The van der Waals surface area contributed by atoms with Gasteiger partial charge in [0.2, 0.25) is 0 Å². The summed E-state index contributed by atoms with van der Waals surface area (Å²) >= 11 is 0. The van der Waals surface area contributed by atoms with E-state index in [0.717, 1.165) is 24.2 Å². The molecule has 0 spiro atoms. The molecule has 0 aliphatic heterocycles. The summed E-state index contributed by atoms with van der Waals surface area (Å²) < 4.78 is 0. The summed E-state index contributed by atoms with van der Waals surface area (Å²) in [4.78, 5) is 0. The molecule has 0 heterocycles. The molecule has 2 rings (SSSR count). The average Bonchev–Trinajstić information content (AvgIpc) is 2.54. The molecule has 2 heteroatoms. The molecule has 0 fully saturated rings. The molecule has 0 radical (unpaired) electrons. The standard InChI is InChI=1S/C22H32N2.CH4/c1-7-15-11-17(9-10-19(15)23)18-12-16(8-2)22(24)21(14(5)6)20(18)13(3)4;/h9-14H,7-8,23-24H2,1-6H3;1H4. The van der Waals surface area contributed by atoms with Gasteiger partial charge in [0.25, 0.3) is 0 Å². The van der Waals surface area contributed by atoms with Crippen LogP contribution in [0.1, 0.15) is 83.1 Å². The number of hydrogen-bond acceptors (Lipinski definition) is 2. The minimum absolute atomic E-state index is 0. The van der Waals surface area contributed by atoms with Crippen LogP contribution in [0.5, 0.6) is 0 Å². The van der Waals surface area contributed by atoms with E-state index in [-0.39, 0.29) is 7.43 Å². The number of hydrogen-bond donors (Lipinski definition) is 2. The summed E-state index contributed by atoms with van der Waals surface area (Å²) in [6, 6.07) is 8.72. The summed E-state index contributed by atoms with van der Waals surface area (Å²) in [7, 11) is 0. The van der Waals surface area contributed by atoms with Crippen molar-refractivity contribution in [3.63, 3.8) is 0 Å². The average molecular weight is 341 g/mol. The molecule has 0 saturated carbocycles. The molecule has 0 aliphatic rings. The molecule has 25 heavy (non-hydrogen) atoms. The fourth-order valence-corrected chi connectivity index (χ4v) is 3.65. The molecule has 4 N–H and O–H groups in total. The first-order valence-electron chi connectivity index (χ1n) is 9.15. The molecule has 138 valence electrons. The Balaban J connectivity index is 0.00000312. The van der Waals surface area contributed by atoms with Crippen LogP contribution < -0.4 is 11.5 Å². The lowest BCUT2D eigenvalue weighted by Gasteiger charge is -2.25. The second-order valence-electron chi connectivity index (χ2n) is 7.25. The van der Waals surface area contributed by atoms with Crippen LogP contribution in [0.2, 0.25) is 0 Å². The lowest BCUT2D eigenvalue weighted by atomic mass is 9.81. The van der Waals surface area contributed by atoms with Crippen LogP contribution in [0.15, 0.2) is 24.3 Å². The van der Waals surface area contributed by atoms with Crippen LogP contribution >= 0.6 is 0 Å². The van der Waals surface area contributed by atoms with Crippen LogP contribution in [0, 0.1) is 0 Å². The molecule has 0 atom stereocenters. The number of rotatable bonds is 5. The first-order valence-corrected chi connectivity index (χ1v) is 9.15. The largest absolute Gasteiger partial charge is 0.399 e. The maximum absolute atomic E-state index is 6.54. The number of nitrogen functional groups attached to an aromatic ring is 2. The first-order chi connectivity index (χ1) is 11.3. The van der Waals surface area contributed by atoms with E-state index in [1.807, 2.05) is 6.07 Å². The molecule has 0 bridgehead atoms. The van der Waals surface area contributed by atoms with Gasteiger partial charge >= 0.3 is 0 Å². The van der Waals surface area contributed by atoms with Crippen molar-refractivity contribution in [1.82, 2.24) is 0 Å². The maximum Gasteiger partial charge on any atom is 0.0384 e. The molecule has 0 aliphatic carbocycles. The second kappa shape index (κ2) is 8.42. The van der Waals surface area contributed by atoms with Gasteiger partial charge in [0, 0.05) is 11.4 Å². The molecule has 0 saturated heterocycles. The van der Waals surface area contributed by atoms with E-state index in [9.17, 15) is 0 Å². The molecule has 2 aromatic carbocycles. The van der Waals surface area contributed by atoms with Crippen molar-refractivity contribution in [3.8, 4) is 11.1 Å². The lowest BCUT2D eigenvalue weighted by molar-refractivity contribution is 0.792. The summed E-state index contributed by atoms with van der Waals surface area (Å²) in [6.07, 6.45) is 1.90. The molecule has 2 nitrogen and oxygen atoms in total. The number of anilines is 2. The summed E-state index contributed by atoms with van der Waals surface area (Å²) in [5.41, 5.74) is 22.2. The zero-order chi connectivity index (χ0) is 18.0. The zero-order valence-electron chi connectivity index (χ0n) is 16.0. The summed E-state index contributed by atoms with van der Waals surface area (Å²) in [5, 5.41) is 0. The third-order valence-electron chi connectivity index (χ3n) is 4.91. The highest BCUT2D eigenvalue weighted by molar-refractivity contribution is 5.78. The Kier molecular flexibility index (Phi) is 7.10. The van der Waals surface area contributed by atoms with Gasteiger partial charge in [-0.15, -0.1) is 0 Å². The van der Waals surface area contributed by atoms with Crippen LogP contribution in [0.3, 0.4) is 0 Å². The Morgan fingerprint density at radius 3 is 1.84 bits per heavy atom. The predicted octanol–water partition coefficient (Wildman–Crippen LogP) is 6.53. The van der Waals surface area contributed by atoms with Crippen LogP contribution in [-0.4, -0.2) is 0 Å². The highest BCUT2D eigenvalue weighted by Gasteiger charge is 2.21. The van der Waals surface area contributed by atoms with E-state index in [2.05, 4.69) is 59.7 Å². The zero-order valence-corrected chi connectivity index (χ0v) is 16.0. The second-order valence-corrected chi connectivity index (χ2v) is 7.25.